The zero-order valence-corrected chi connectivity index (χ0v) is 11.5. The molecule has 20 heavy (non-hydrogen) atoms. The van der Waals surface area contributed by atoms with E-state index in [9.17, 15) is 14.9 Å². The van der Waals surface area contributed by atoms with Crippen LogP contribution in [0.5, 0.6) is 11.6 Å². The molecule has 2 rings (SSSR count). The van der Waals surface area contributed by atoms with Crippen LogP contribution in [0.3, 0.4) is 0 Å². The monoisotopic (exact) mass is 337 g/mol. The average molecular weight is 338 g/mol. The minimum Gasteiger partial charge on any atom is -0.431 e. The number of hydrogen-bond donors (Lipinski definition) is 1. The zero-order chi connectivity index (χ0) is 14.7. The third-order valence-corrected chi connectivity index (χ3v) is 2.98. The van der Waals surface area contributed by atoms with Gasteiger partial charge in [-0.3, -0.25) is 14.9 Å². The van der Waals surface area contributed by atoms with Crippen molar-refractivity contribution in [3.8, 4) is 11.6 Å². The van der Waals surface area contributed by atoms with E-state index in [2.05, 4.69) is 20.9 Å². The summed E-state index contributed by atoms with van der Waals surface area (Å²) in [5.74, 6) is -0.597. The quantitative estimate of drug-likeness (QED) is 0.681. The second-order valence-corrected chi connectivity index (χ2v) is 4.55. The lowest BCUT2D eigenvalue weighted by atomic mass is 10.2. The summed E-state index contributed by atoms with van der Waals surface area (Å²) >= 11 is 3.22. The van der Waals surface area contributed by atoms with Gasteiger partial charge in [0.05, 0.1) is 9.40 Å². The third-order valence-electron chi connectivity index (χ3n) is 2.37. The van der Waals surface area contributed by atoms with E-state index in [0.717, 1.165) is 6.07 Å². The molecule has 102 valence electrons. The predicted octanol–water partition coefficient (Wildman–Crippen LogP) is 2.64. The van der Waals surface area contributed by atoms with Gasteiger partial charge in [-0.15, -0.1) is 0 Å². The molecule has 0 aliphatic rings. The Hall–Kier alpha value is -2.48. The van der Waals surface area contributed by atoms with Crippen LogP contribution in [0.2, 0.25) is 0 Å². The number of nitrogens with zero attached hydrogens (tertiary/aromatic N) is 2. The topological polar surface area (TPSA) is 108 Å². The van der Waals surface area contributed by atoms with Crippen LogP contribution in [0.25, 0.3) is 0 Å². The fourth-order valence-corrected chi connectivity index (χ4v) is 1.79. The molecule has 0 radical (unpaired) electrons. The Labute approximate surface area is 121 Å². The van der Waals surface area contributed by atoms with Gasteiger partial charge < -0.3 is 10.5 Å². The number of aromatic nitrogens is 1. The van der Waals surface area contributed by atoms with Crippen LogP contribution in [0.4, 0.5) is 5.69 Å². The van der Waals surface area contributed by atoms with E-state index in [4.69, 9.17) is 10.5 Å². The van der Waals surface area contributed by atoms with Crippen molar-refractivity contribution in [2.24, 2.45) is 5.73 Å². The Kier molecular flexibility index (Phi) is 3.94. The molecule has 2 aromatic rings. The molecular weight excluding hydrogens is 330 g/mol. The van der Waals surface area contributed by atoms with Gasteiger partial charge in [0.1, 0.15) is 0 Å². The SMILES string of the molecule is NC(=O)c1ccc(Oc2ncccc2Br)c([N+](=O)[O-])c1. The van der Waals surface area contributed by atoms with Crippen LogP contribution in [-0.4, -0.2) is 15.8 Å². The lowest BCUT2D eigenvalue weighted by Gasteiger charge is -2.07. The van der Waals surface area contributed by atoms with E-state index in [-0.39, 0.29) is 22.9 Å². The van der Waals surface area contributed by atoms with Crippen molar-refractivity contribution < 1.29 is 14.5 Å². The van der Waals surface area contributed by atoms with Gasteiger partial charge in [0, 0.05) is 17.8 Å². The summed E-state index contributed by atoms with van der Waals surface area (Å²) in [5.41, 5.74) is 4.76. The molecule has 1 aromatic carbocycles. The summed E-state index contributed by atoms with van der Waals surface area (Å²) in [4.78, 5) is 25.3. The molecule has 1 heterocycles. The van der Waals surface area contributed by atoms with Crippen molar-refractivity contribution in [2.45, 2.75) is 0 Å². The summed E-state index contributed by atoms with van der Waals surface area (Å²) in [6.45, 7) is 0. The fraction of sp³-hybridized carbons (Fsp3) is 0. The largest absolute Gasteiger partial charge is 0.431 e. The molecule has 0 unspecified atom stereocenters. The van der Waals surface area contributed by atoms with E-state index < -0.39 is 10.8 Å². The Morgan fingerprint density at radius 3 is 2.75 bits per heavy atom. The van der Waals surface area contributed by atoms with Crippen molar-refractivity contribution in [1.29, 1.82) is 0 Å². The highest BCUT2D eigenvalue weighted by Crippen LogP contribution is 2.34. The second kappa shape index (κ2) is 5.66. The molecule has 7 nitrogen and oxygen atoms in total. The number of benzene rings is 1. The number of pyridine rings is 1. The first-order valence-corrected chi connectivity index (χ1v) is 6.15. The number of nitro groups is 1. The van der Waals surface area contributed by atoms with Gasteiger partial charge in [-0.05, 0) is 40.2 Å². The Balaban J connectivity index is 2.44. The highest BCUT2D eigenvalue weighted by molar-refractivity contribution is 9.10. The van der Waals surface area contributed by atoms with Crippen LogP contribution in [0.1, 0.15) is 10.4 Å². The smallest absolute Gasteiger partial charge is 0.312 e. The maximum atomic E-state index is 11.0. The molecule has 0 saturated carbocycles. The number of amides is 1. The summed E-state index contributed by atoms with van der Waals surface area (Å²) in [6, 6.07) is 7.09. The van der Waals surface area contributed by atoms with E-state index in [1.54, 1.807) is 12.1 Å². The van der Waals surface area contributed by atoms with E-state index in [1.165, 1.54) is 18.3 Å². The van der Waals surface area contributed by atoms with E-state index in [1.807, 2.05) is 0 Å². The van der Waals surface area contributed by atoms with Crippen molar-refractivity contribution in [3.63, 3.8) is 0 Å². The first-order valence-electron chi connectivity index (χ1n) is 5.35. The number of carbonyl (C=O) groups is 1. The zero-order valence-electron chi connectivity index (χ0n) is 9.95. The average Bonchev–Trinajstić information content (AvgIpc) is 2.41. The Morgan fingerprint density at radius 1 is 1.40 bits per heavy atom. The van der Waals surface area contributed by atoms with E-state index >= 15 is 0 Å². The van der Waals surface area contributed by atoms with Crippen LogP contribution in [0, 0.1) is 10.1 Å². The minimum atomic E-state index is -0.751. The lowest BCUT2D eigenvalue weighted by Crippen LogP contribution is -2.11. The molecular formula is C12H8BrN3O4. The van der Waals surface area contributed by atoms with Gasteiger partial charge >= 0.3 is 5.69 Å². The van der Waals surface area contributed by atoms with Gasteiger partial charge in [0.15, 0.2) is 0 Å². The summed E-state index contributed by atoms with van der Waals surface area (Å²) in [5, 5.41) is 11.0. The first-order chi connectivity index (χ1) is 9.49. The normalized spacial score (nSPS) is 10.1. The molecule has 0 aliphatic carbocycles. The number of halogens is 1. The van der Waals surface area contributed by atoms with Crippen molar-refractivity contribution in [2.75, 3.05) is 0 Å². The summed E-state index contributed by atoms with van der Waals surface area (Å²) in [7, 11) is 0. The molecule has 1 amide bonds. The van der Waals surface area contributed by atoms with E-state index in [0.29, 0.717) is 4.47 Å². The Bertz CT molecular complexity index is 690. The van der Waals surface area contributed by atoms with Crippen molar-refractivity contribution in [1.82, 2.24) is 4.98 Å². The number of hydrogen-bond acceptors (Lipinski definition) is 5. The summed E-state index contributed by atoms with van der Waals surface area (Å²) < 4.78 is 5.93. The molecule has 0 spiro atoms. The maximum absolute atomic E-state index is 11.0. The van der Waals surface area contributed by atoms with Crippen LogP contribution < -0.4 is 10.5 Å². The molecule has 2 N–H and O–H groups in total. The number of nitrogens with two attached hydrogens (primary N) is 1. The number of primary amides is 1. The minimum absolute atomic E-state index is 0.0283. The number of carbonyl (C=O) groups excluding carboxylic acids is 1. The lowest BCUT2D eigenvalue weighted by molar-refractivity contribution is -0.385. The number of ether oxygens (including phenoxy) is 1. The second-order valence-electron chi connectivity index (χ2n) is 3.70. The van der Waals surface area contributed by atoms with Gasteiger partial charge in [0.2, 0.25) is 17.5 Å². The number of rotatable bonds is 4. The molecule has 0 saturated heterocycles. The third kappa shape index (κ3) is 2.91. The molecule has 0 fully saturated rings. The highest BCUT2D eigenvalue weighted by Gasteiger charge is 2.19. The van der Waals surface area contributed by atoms with Crippen LogP contribution >= 0.6 is 15.9 Å². The van der Waals surface area contributed by atoms with Crippen LogP contribution in [0.15, 0.2) is 41.0 Å². The molecule has 8 heteroatoms. The van der Waals surface area contributed by atoms with Gasteiger partial charge in [0.25, 0.3) is 0 Å². The van der Waals surface area contributed by atoms with Crippen LogP contribution in [-0.2, 0) is 0 Å². The highest BCUT2D eigenvalue weighted by atomic mass is 79.9. The van der Waals surface area contributed by atoms with Crippen molar-refractivity contribution in [3.05, 3.63) is 56.7 Å². The standard InChI is InChI=1S/C12H8BrN3O4/c13-8-2-1-5-15-12(8)20-10-4-3-7(11(14)17)6-9(10)16(18)19/h1-6H,(H2,14,17). The molecule has 0 bridgehead atoms. The first kappa shape index (κ1) is 13.9. The van der Waals surface area contributed by atoms with Crippen molar-refractivity contribution >= 4 is 27.5 Å². The molecule has 1 aromatic heterocycles. The van der Waals surface area contributed by atoms with Gasteiger partial charge in [-0.2, -0.15) is 0 Å². The number of nitro benzene ring substituents is 1. The fourth-order valence-electron chi connectivity index (χ4n) is 1.45. The molecule has 0 atom stereocenters. The predicted molar refractivity (Wildman–Crippen MR) is 73.6 cm³/mol. The molecule has 0 aliphatic heterocycles. The Morgan fingerprint density at radius 2 is 2.15 bits per heavy atom. The van der Waals surface area contributed by atoms with Gasteiger partial charge in [-0.1, -0.05) is 0 Å². The maximum Gasteiger partial charge on any atom is 0.312 e. The summed E-state index contributed by atoms with van der Waals surface area (Å²) in [6.07, 6.45) is 1.49. The van der Waals surface area contributed by atoms with Gasteiger partial charge in [-0.25, -0.2) is 4.98 Å².